The first-order chi connectivity index (χ1) is 10.9. The van der Waals surface area contributed by atoms with Gasteiger partial charge in [-0.3, -0.25) is 23.4 Å². The summed E-state index contributed by atoms with van der Waals surface area (Å²) in [6, 6.07) is 0. The van der Waals surface area contributed by atoms with Crippen molar-refractivity contribution in [3.8, 4) is 0 Å². The lowest BCUT2D eigenvalue weighted by Crippen LogP contribution is -2.32. The Hall–Kier alpha value is -1.78. The molecule has 0 spiro atoms. The van der Waals surface area contributed by atoms with Crippen LogP contribution in [0.4, 0.5) is 5.95 Å². The highest BCUT2D eigenvalue weighted by Gasteiger charge is 2.51. The molecule has 11 nitrogen and oxygen atoms in total. The number of aliphatic hydroxyl groups excluding tert-OH is 1. The van der Waals surface area contributed by atoms with Crippen LogP contribution in [0.3, 0.4) is 0 Å². The van der Waals surface area contributed by atoms with Crippen LogP contribution >= 0.6 is 7.60 Å². The Bertz CT molecular complexity index is 879. The van der Waals surface area contributed by atoms with Gasteiger partial charge in [0.1, 0.15) is 18.3 Å². The third-order valence-corrected chi connectivity index (χ3v) is 5.07. The Kier molecular flexibility index (Phi) is 3.12. The monoisotopic (exact) mass is 343 g/mol. The molecular weight excluding hydrogens is 329 g/mol. The molecule has 0 aliphatic carbocycles. The van der Waals surface area contributed by atoms with Crippen molar-refractivity contribution >= 4 is 24.7 Å². The molecule has 0 radical (unpaired) electrons. The van der Waals surface area contributed by atoms with Crippen molar-refractivity contribution < 1.29 is 23.5 Å². The summed E-state index contributed by atoms with van der Waals surface area (Å²) in [5.41, 5.74) is 5.33. The fraction of sp³-hybridized carbons (Fsp3) is 0.545. The Morgan fingerprint density at radius 2 is 2.35 bits per heavy atom. The minimum absolute atomic E-state index is 0.0648. The van der Waals surface area contributed by atoms with E-state index in [0.29, 0.717) is 0 Å². The summed E-state index contributed by atoms with van der Waals surface area (Å²) < 4.78 is 29.8. The van der Waals surface area contributed by atoms with Crippen LogP contribution in [0.25, 0.3) is 11.2 Å². The molecule has 2 saturated heterocycles. The molecule has 2 aromatic rings. The Balaban J connectivity index is 1.82. The van der Waals surface area contributed by atoms with Crippen LogP contribution in [-0.2, 0) is 18.3 Å². The highest BCUT2D eigenvalue weighted by Crippen LogP contribution is 2.52. The van der Waals surface area contributed by atoms with E-state index in [2.05, 4.69) is 15.0 Å². The summed E-state index contributed by atoms with van der Waals surface area (Å²) in [5.74, 6) is -0.0756. The van der Waals surface area contributed by atoms with Gasteiger partial charge in [0.2, 0.25) is 5.95 Å². The molecule has 4 heterocycles. The fourth-order valence-corrected chi connectivity index (χ4v) is 3.93. The second-order valence-electron chi connectivity index (χ2n) is 5.47. The largest absolute Gasteiger partial charge is 0.387 e. The summed E-state index contributed by atoms with van der Waals surface area (Å²) in [6.45, 7) is 1.26. The Morgan fingerprint density at radius 1 is 1.57 bits per heavy atom. The maximum atomic E-state index is 12.1. The number of fused-ring (bicyclic) bond motifs is 3. The van der Waals surface area contributed by atoms with Crippen molar-refractivity contribution in [3.05, 3.63) is 16.7 Å². The van der Waals surface area contributed by atoms with E-state index in [9.17, 15) is 14.5 Å². The summed E-state index contributed by atoms with van der Waals surface area (Å²) in [4.78, 5) is 22.2. The predicted molar refractivity (Wildman–Crippen MR) is 76.8 cm³/mol. The van der Waals surface area contributed by atoms with E-state index in [1.807, 2.05) is 0 Å². The van der Waals surface area contributed by atoms with Crippen LogP contribution in [-0.4, -0.2) is 56.2 Å². The van der Waals surface area contributed by atoms with E-state index in [0.717, 1.165) is 0 Å². The average Bonchev–Trinajstić information content (AvgIpc) is 2.96. The molecule has 2 fully saturated rings. The summed E-state index contributed by atoms with van der Waals surface area (Å²) >= 11 is 0. The number of nitrogens with one attached hydrogen (secondary N) is 1. The van der Waals surface area contributed by atoms with Gasteiger partial charge in [-0.1, -0.05) is 0 Å². The molecule has 0 aromatic carbocycles. The van der Waals surface area contributed by atoms with Crippen molar-refractivity contribution in [1.82, 2.24) is 19.5 Å². The molecule has 0 amide bonds. The molecule has 2 bridgehead atoms. The number of nitrogen functional groups attached to an aromatic ring is 1. The number of aromatic nitrogens is 4. The Labute approximate surface area is 128 Å². The van der Waals surface area contributed by atoms with Crippen molar-refractivity contribution in [2.75, 3.05) is 19.0 Å². The van der Waals surface area contributed by atoms with Gasteiger partial charge >= 0.3 is 7.60 Å². The van der Waals surface area contributed by atoms with Gasteiger partial charge in [-0.05, 0) is 0 Å². The van der Waals surface area contributed by atoms with Crippen LogP contribution in [0.2, 0.25) is 0 Å². The standard InChI is InChI=1S/C11H14N5O6P/c1-23(19)20-2-4-6(17)7(22-23)10(21-4)16-3-13-5-8(16)14-11(12)15-9(5)18/h3-4,6-7,10,17H,2H2,1H3,(H3,12,14,15,18)/t4-,6-,7+,10+,23?/m0/s1. The molecule has 2 aliphatic rings. The highest BCUT2D eigenvalue weighted by atomic mass is 31.2. The fourth-order valence-electron chi connectivity index (χ4n) is 2.78. The molecule has 124 valence electrons. The quantitative estimate of drug-likeness (QED) is 0.564. The summed E-state index contributed by atoms with van der Waals surface area (Å²) in [7, 11) is -3.31. The maximum absolute atomic E-state index is 12.1. The maximum Gasteiger partial charge on any atom is 0.328 e. The summed E-state index contributed by atoms with van der Waals surface area (Å²) in [5, 5.41) is 10.3. The van der Waals surface area contributed by atoms with Crippen LogP contribution in [0.15, 0.2) is 11.1 Å². The molecule has 4 rings (SSSR count). The first-order valence-electron chi connectivity index (χ1n) is 6.82. The minimum atomic E-state index is -3.31. The number of nitrogens with zero attached hydrogens (tertiary/aromatic N) is 3. The van der Waals surface area contributed by atoms with Gasteiger partial charge in [0.15, 0.2) is 17.4 Å². The van der Waals surface area contributed by atoms with Crippen LogP contribution in [0.5, 0.6) is 0 Å². The summed E-state index contributed by atoms with van der Waals surface area (Å²) in [6.07, 6.45) is -2.21. The third-order valence-electron chi connectivity index (χ3n) is 3.82. The van der Waals surface area contributed by atoms with E-state index < -0.39 is 37.7 Å². The zero-order valence-corrected chi connectivity index (χ0v) is 12.8. The number of aromatic amines is 1. The lowest BCUT2D eigenvalue weighted by Gasteiger charge is -2.25. The third kappa shape index (κ3) is 2.28. The number of nitrogens with two attached hydrogens (primary N) is 1. The molecule has 5 atom stereocenters. The highest BCUT2D eigenvalue weighted by molar-refractivity contribution is 7.53. The van der Waals surface area contributed by atoms with E-state index in [4.69, 9.17) is 19.5 Å². The van der Waals surface area contributed by atoms with Gasteiger partial charge in [0, 0.05) is 6.66 Å². The second-order valence-corrected chi connectivity index (χ2v) is 7.48. The number of hydrogen-bond donors (Lipinski definition) is 3. The van der Waals surface area contributed by atoms with Crippen molar-refractivity contribution in [1.29, 1.82) is 0 Å². The van der Waals surface area contributed by atoms with Crippen LogP contribution in [0, 0.1) is 0 Å². The first-order valence-corrected chi connectivity index (χ1v) is 8.81. The second kappa shape index (κ2) is 4.86. The lowest BCUT2D eigenvalue weighted by molar-refractivity contribution is -0.0601. The van der Waals surface area contributed by atoms with E-state index in [-0.39, 0.29) is 23.7 Å². The average molecular weight is 343 g/mol. The molecule has 2 aromatic heterocycles. The topological polar surface area (TPSA) is 155 Å². The molecular formula is C11H14N5O6P. The van der Waals surface area contributed by atoms with Gasteiger partial charge in [-0.25, -0.2) is 4.98 Å². The smallest absolute Gasteiger partial charge is 0.328 e. The van der Waals surface area contributed by atoms with Gasteiger partial charge in [0.05, 0.1) is 12.9 Å². The van der Waals surface area contributed by atoms with Gasteiger partial charge in [0.25, 0.3) is 5.56 Å². The number of aliphatic hydroxyl groups is 1. The van der Waals surface area contributed by atoms with Crippen molar-refractivity contribution in [2.24, 2.45) is 0 Å². The molecule has 1 unspecified atom stereocenters. The number of rotatable bonds is 1. The normalized spacial score (nSPS) is 37.1. The molecule has 4 N–H and O–H groups in total. The van der Waals surface area contributed by atoms with Gasteiger partial charge in [-0.2, -0.15) is 4.98 Å². The number of imidazole rings is 1. The first kappa shape index (κ1) is 14.8. The van der Waals surface area contributed by atoms with Gasteiger partial charge in [-0.15, -0.1) is 0 Å². The SMILES string of the molecule is CP1(=O)OC[C@@H]2O[C@@H](n3cnc4c(=O)[nH]c(N)nc43)[C@H](O1)[C@H]2O. The zero-order valence-electron chi connectivity index (χ0n) is 11.9. The van der Waals surface area contributed by atoms with Crippen LogP contribution < -0.4 is 11.3 Å². The van der Waals surface area contributed by atoms with Crippen molar-refractivity contribution in [3.63, 3.8) is 0 Å². The number of hydrogen-bond acceptors (Lipinski definition) is 9. The van der Waals surface area contributed by atoms with Gasteiger partial charge < -0.3 is 20.1 Å². The number of ether oxygens (including phenoxy) is 1. The molecule has 23 heavy (non-hydrogen) atoms. The van der Waals surface area contributed by atoms with E-state index in [1.54, 1.807) is 0 Å². The van der Waals surface area contributed by atoms with Crippen molar-refractivity contribution in [2.45, 2.75) is 24.5 Å². The Morgan fingerprint density at radius 3 is 3.13 bits per heavy atom. The van der Waals surface area contributed by atoms with E-state index >= 15 is 0 Å². The lowest BCUT2D eigenvalue weighted by atomic mass is 10.1. The minimum Gasteiger partial charge on any atom is -0.387 e. The van der Waals surface area contributed by atoms with E-state index in [1.165, 1.54) is 17.6 Å². The van der Waals surface area contributed by atoms with Crippen LogP contribution in [0.1, 0.15) is 6.23 Å². The number of anilines is 1. The molecule has 12 heteroatoms. The predicted octanol–water partition coefficient (Wildman–Crippen LogP) is -0.802. The molecule has 0 saturated carbocycles. The molecule has 2 aliphatic heterocycles. The zero-order chi connectivity index (χ0) is 16.4. The number of H-pyrrole nitrogens is 1.